The Kier molecular flexibility index (Phi) is 3.08. The van der Waals surface area contributed by atoms with Crippen molar-refractivity contribution in [2.45, 2.75) is 19.4 Å². The van der Waals surface area contributed by atoms with Crippen molar-refractivity contribution >= 4 is 5.71 Å². The first-order chi connectivity index (χ1) is 9.67. The van der Waals surface area contributed by atoms with Crippen LogP contribution in [0.2, 0.25) is 0 Å². The molecule has 1 aliphatic carbocycles. The van der Waals surface area contributed by atoms with Gasteiger partial charge in [0.1, 0.15) is 5.71 Å². The van der Waals surface area contributed by atoms with Gasteiger partial charge in [-0.15, -0.1) is 0 Å². The average Bonchev–Trinajstić information content (AvgIpc) is 2.84. The normalized spacial score (nSPS) is 20.8. The van der Waals surface area contributed by atoms with Gasteiger partial charge in [0, 0.05) is 18.8 Å². The van der Waals surface area contributed by atoms with Crippen molar-refractivity contribution in [1.29, 1.82) is 0 Å². The second-order valence-electron chi connectivity index (χ2n) is 4.86. The number of rotatable bonds is 4. The van der Waals surface area contributed by atoms with E-state index in [0.29, 0.717) is 6.08 Å². The number of hydrogen-bond donors (Lipinski definition) is 1. The van der Waals surface area contributed by atoms with Gasteiger partial charge in [-0.3, -0.25) is 35.3 Å². The number of hydrogen-bond acceptors (Lipinski definition) is 9. The van der Waals surface area contributed by atoms with Gasteiger partial charge in [-0.05, 0) is 0 Å². The fraction of sp³-hybridized carbons (Fsp3) is 0.444. The summed E-state index contributed by atoms with van der Waals surface area (Å²) in [7, 11) is 0. The Morgan fingerprint density at radius 2 is 1.86 bits per heavy atom. The van der Waals surface area contributed by atoms with Crippen molar-refractivity contribution < 1.29 is 19.7 Å². The van der Waals surface area contributed by atoms with Crippen LogP contribution in [0.4, 0.5) is 0 Å². The van der Waals surface area contributed by atoms with Gasteiger partial charge in [0.05, 0.1) is 15.9 Å². The van der Waals surface area contributed by atoms with E-state index in [9.17, 15) is 30.3 Å². The average molecular weight is 299 g/mol. The van der Waals surface area contributed by atoms with Gasteiger partial charge in [0.25, 0.3) is 5.70 Å². The first-order valence-electron chi connectivity index (χ1n) is 5.57. The number of nitrogens with one attached hydrogen (secondary N) is 1. The summed E-state index contributed by atoms with van der Waals surface area (Å²) in [6.45, 7) is 2.34. The molecule has 21 heavy (non-hydrogen) atoms. The molecular weight excluding hydrogens is 290 g/mol. The predicted octanol–water partition coefficient (Wildman–Crippen LogP) is 0.211. The summed E-state index contributed by atoms with van der Waals surface area (Å²) in [5.74, 6) is -1.39. The SMILES string of the molecule is CC(C)(C1C([N+](=O)[O-])=CC([N+](=O)[O-])=C2NON=C21)[N+](=O)[O-]. The molecule has 0 fully saturated rings. The molecule has 0 radical (unpaired) electrons. The van der Waals surface area contributed by atoms with Crippen LogP contribution in [0.25, 0.3) is 0 Å². The Morgan fingerprint density at radius 1 is 1.24 bits per heavy atom. The molecule has 0 saturated heterocycles. The molecule has 1 aliphatic heterocycles. The second-order valence-corrected chi connectivity index (χ2v) is 4.86. The van der Waals surface area contributed by atoms with E-state index in [0.717, 1.165) is 0 Å². The van der Waals surface area contributed by atoms with Crippen molar-refractivity contribution in [1.82, 2.24) is 5.48 Å². The summed E-state index contributed by atoms with van der Waals surface area (Å²) in [6, 6.07) is 0. The monoisotopic (exact) mass is 299 g/mol. The van der Waals surface area contributed by atoms with Crippen LogP contribution in [0.15, 0.2) is 28.3 Å². The van der Waals surface area contributed by atoms with Crippen LogP contribution in [0.3, 0.4) is 0 Å². The lowest BCUT2D eigenvalue weighted by Gasteiger charge is -2.25. The number of hydroxylamine groups is 1. The summed E-state index contributed by atoms with van der Waals surface area (Å²) in [5, 5.41) is 36.7. The summed E-state index contributed by atoms with van der Waals surface area (Å²) in [5.41, 5.74) is -1.44. The topological polar surface area (TPSA) is 163 Å². The molecule has 1 heterocycles. The van der Waals surface area contributed by atoms with E-state index < -0.39 is 37.6 Å². The van der Waals surface area contributed by atoms with Crippen molar-refractivity contribution in [3.8, 4) is 0 Å². The summed E-state index contributed by atoms with van der Waals surface area (Å²) in [4.78, 5) is 35.3. The highest BCUT2D eigenvalue weighted by molar-refractivity contribution is 6.05. The Hall–Kier alpha value is -3.05. The molecule has 0 bridgehead atoms. The van der Waals surface area contributed by atoms with Gasteiger partial charge in [-0.1, -0.05) is 5.16 Å². The number of allylic oxidation sites excluding steroid dienone is 2. The van der Waals surface area contributed by atoms with E-state index in [1.54, 1.807) is 0 Å². The van der Waals surface area contributed by atoms with E-state index in [1.165, 1.54) is 13.8 Å². The third-order valence-electron chi connectivity index (χ3n) is 3.24. The molecule has 2 rings (SSSR count). The van der Waals surface area contributed by atoms with E-state index in [-0.39, 0.29) is 11.4 Å². The van der Waals surface area contributed by atoms with Gasteiger partial charge in [0.15, 0.2) is 11.6 Å². The van der Waals surface area contributed by atoms with Gasteiger partial charge in [-0.2, -0.15) is 5.48 Å². The first-order valence-corrected chi connectivity index (χ1v) is 5.57. The third kappa shape index (κ3) is 2.05. The largest absolute Gasteiger partial charge is 0.304 e. The van der Waals surface area contributed by atoms with Gasteiger partial charge in [-0.25, -0.2) is 0 Å². The lowest BCUT2D eigenvalue weighted by Crippen LogP contribution is -2.48. The van der Waals surface area contributed by atoms with Crippen LogP contribution >= 0.6 is 0 Å². The molecule has 2 aliphatic rings. The molecule has 1 N–H and O–H groups in total. The fourth-order valence-corrected chi connectivity index (χ4v) is 2.14. The minimum atomic E-state index is -1.81. The maximum atomic E-state index is 11.2. The number of nitro groups is 3. The zero-order chi connectivity index (χ0) is 15.9. The molecule has 0 saturated carbocycles. The molecule has 12 heteroatoms. The van der Waals surface area contributed by atoms with Crippen molar-refractivity contribution in [2.75, 3.05) is 0 Å². The summed E-state index contributed by atoms with van der Waals surface area (Å²) >= 11 is 0. The lowest BCUT2D eigenvalue weighted by atomic mass is 9.78. The molecule has 0 aromatic carbocycles. The van der Waals surface area contributed by atoms with E-state index in [1.807, 2.05) is 0 Å². The molecule has 0 spiro atoms. The number of fused-ring (bicyclic) bond motifs is 1. The fourth-order valence-electron chi connectivity index (χ4n) is 2.14. The highest BCUT2D eigenvalue weighted by Gasteiger charge is 2.57. The minimum Gasteiger partial charge on any atom is -0.270 e. The smallest absolute Gasteiger partial charge is 0.270 e. The second kappa shape index (κ2) is 4.50. The minimum absolute atomic E-state index is 0.217. The maximum absolute atomic E-state index is 11.2. The van der Waals surface area contributed by atoms with Gasteiger partial charge in [0.2, 0.25) is 5.54 Å². The van der Waals surface area contributed by atoms with Crippen LogP contribution in [-0.2, 0) is 4.94 Å². The Bertz CT molecular complexity index is 647. The Balaban J connectivity index is 2.68. The predicted molar refractivity (Wildman–Crippen MR) is 65.3 cm³/mol. The molecule has 0 amide bonds. The van der Waals surface area contributed by atoms with Crippen LogP contribution in [0.1, 0.15) is 13.8 Å². The van der Waals surface area contributed by atoms with Gasteiger partial charge >= 0.3 is 5.70 Å². The zero-order valence-corrected chi connectivity index (χ0v) is 10.8. The molecule has 112 valence electrons. The summed E-state index contributed by atoms with van der Waals surface area (Å²) < 4.78 is 0. The molecule has 12 nitrogen and oxygen atoms in total. The van der Waals surface area contributed by atoms with E-state index in [2.05, 4.69) is 15.6 Å². The van der Waals surface area contributed by atoms with Crippen molar-refractivity contribution in [3.05, 3.63) is 53.5 Å². The highest BCUT2D eigenvalue weighted by atomic mass is 16.8. The zero-order valence-electron chi connectivity index (χ0n) is 10.8. The molecule has 0 aromatic heterocycles. The molecule has 1 unspecified atom stereocenters. The maximum Gasteiger partial charge on any atom is 0.304 e. The van der Waals surface area contributed by atoms with Crippen LogP contribution < -0.4 is 5.48 Å². The summed E-state index contributed by atoms with van der Waals surface area (Å²) in [6.07, 6.45) is 0.686. The molecular formula is C9H9N5O7. The third-order valence-corrected chi connectivity index (χ3v) is 3.24. The van der Waals surface area contributed by atoms with E-state index >= 15 is 0 Å². The molecule has 1 atom stereocenters. The molecule has 0 aromatic rings. The standard InChI is InChI=1S/C9H9N5O7/c1-9(2,14(19)20)6-4(12(15)16)3-5(13(17)18)7-8(6)11-21-10-7/h3,6,10H,1-2H3. The van der Waals surface area contributed by atoms with Crippen LogP contribution in [0, 0.1) is 36.3 Å². The van der Waals surface area contributed by atoms with Crippen LogP contribution in [0.5, 0.6) is 0 Å². The lowest BCUT2D eigenvalue weighted by molar-refractivity contribution is -0.573. The van der Waals surface area contributed by atoms with E-state index in [4.69, 9.17) is 0 Å². The first kappa shape index (κ1) is 14.4. The van der Waals surface area contributed by atoms with Gasteiger partial charge < -0.3 is 0 Å². The Labute approximate surface area is 116 Å². The Morgan fingerprint density at radius 3 is 2.33 bits per heavy atom. The van der Waals surface area contributed by atoms with Crippen molar-refractivity contribution in [2.24, 2.45) is 11.1 Å². The van der Waals surface area contributed by atoms with Crippen molar-refractivity contribution in [3.63, 3.8) is 0 Å². The number of oxime groups is 1. The highest BCUT2D eigenvalue weighted by Crippen LogP contribution is 2.37. The number of nitrogens with zero attached hydrogens (tertiary/aromatic N) is 4. The quantitative estimate of drug-likeness (QED) is 0.568. The van der Waals surface area contributed by atoms with Crippen LogP contribution in [-0.4, -0.2) is 26.0 Å².